The Bertz CT molecular complexity index is 948. The Morgan fingerprint density at radius 3 is 2.92 bits per heavy atom. The molecule has 1 amide bonds. The number of ether oxygens (including phenoxy) is 1. The third-order valence-corrected chi connectivity index (χ3v) is 5.16. The summed E-state index contributed by atoms with van der Waals surface area (Å²) in [5.41, 5.74) is 0.0376. The van der Waals surface area contributed by atoms with E-state index >= 15 is 0 Å². The average molecular weight is 391 g/mol. The summed E-state index contributed by atoms with van der Waals surface area (Å²) in [4.78, 5) is 33.2. The number of carbonyl (C=O) groups is 2. The maximum absolute atomic E-state index is 13.5. The number of thioether (sulfide) groups is 1. The number of hydrogen-bond acceptors (Lipinski definition) is 7. The van der Waals surface area contributed by atoms with Crippen LogP contribution in [0.5, 0.6) is 0 Å². The Labute approximate surface area is 156 Å². The number of thiophene rings is 1. The van der Waals surface area contributed by atoms with Gasteiger partial charge in [0.2, 0.25) is 0 Å². The zero-order valence-corrected chi connectivity index (χ0v) is 15.3. The van der Waals surface area contributed by atoms with Crippen molar-refractivity contribution >= 4 is 50.9 Å². The van der Waals surface area contributed by atoms with E-state index in [4.69, 9.17) is 4.74 Å². The third kappa shape index (κ3) is 4.36. The van der Waals surface area contributed by atoms with E-state index in [0.717, 1.165) is 10.2 Å². The van der Waals surface area contributed by atoms with Gasteiger partial charge in [-0.25, -0.2) is 14.4 Å². The number of nitrogens with one attached hydrogen (secondary N) is 1. The lowest BCUT2D eigenvalue weighted by Crippen LogP contribution is -2.30. The number of rotatable bonds is 6. The summed E-state index contributed by atoms with van der Waals surface area (Å²) in [5.74, 6) is -1.72. The van der Waals surface area contributed by atoms with E-state index in [1.54, 1.807) is 6.07 Å². The van der Waals surface area contributed by atoms with E-state index in [2.05, 4.69) is 15.3 Å². The smallest absolute Gasteiger partial charge is 0.317 e. The molecule has 2 heterocycles. The minimum Gasteiger partial charge on any atom is -0.452 e. The number of halogens is 1. The zero-order valence-electron chi connectivity index (χ0n) is 13.6. The maximum Gasteiger partial charge on any atom is 0.317 e. The molecule has 0 bridgehead atoms. The van der Waals surface area contributed by atoms with Gasteiger partial charge >= 0.3 is 5.97 Å². The Hall–Kier alpha value is -2.52. The predicted octanol–water partition coefficient (Wildman–Crippen LogP) is 3.49. The van der Waals surface area contributed by atoms with E-state index in [1.807, 2.05) is 11.4 Å². The molecule has 134 valence electrons. The highest BCUT2D eigenvalue weighted by molar-refractivity contribution is 8.00. The quantitative estimate of drug-likeness (QED) is 0.394. The number of esters is 1. The van der Waals surface area contributed by atoms with Gasteiger partial charge in [0.1, 0.15) is 22.0 Å². The summed E-state index contributed by atoms with van der Waals surface area (Å²) in [6.07, 6.45) is 0.394. The summed E-state index contributed by atoms with van der Waals surface area (Å²) in [5, 5.41) is 5.85. The van der Waals surface area contributed by atoms with E-state index in [9.17, 15) is 14.0 Å². The first kappa shape index (κ1) is 18.3. The lowest BCUT2D eigenvalue weighted by Gasteiger charge is -2.13. The molecule has 26 heavy (non-hydrogen) atoms. The van der Waals surface area contributed by atoms with Crippen LogP contribution in [0.3, 0.4) is 0 Å². The average Bonchev–Trinajstić information content (AvgIpc) is 3.11. The van der Waals surface area contributed by atoms with Crippen LogP contribution in [0.2, 0.25) is 0 Å². The highest BCUT2D eigenvalue weighted by Crippen LogP contribution is 2.27. The zero-order chi connectivity index (χ0) is 18.5. The fourth-order valence-electron chi connectivity index (χ4n) is 2.09. The molecule has 0 aliphatic rings. The number of para-hydroxylation sites is 1. The molecule has 0 fully saturated rings. The molecule has 0 saturated heterocycles. The van der Waals surface area contributed by atoms with Crippen molar-refractivity contribution in [3.8, 4) is 0 Å². The molecule has 0 aliphatic heterocycles. The molecule has 0 radical (unpaired) electrons. The lowest BCUT2D eigenvalue weighted by atomic mass is 10.3. The fraction of sp³-hybridized carbons (Fsp3) is 0.176. The van der Waals surface area contributed by atoms with E-state index in [-0.39, 0.29) is 11.4 Å². The van der Waals surface area contributed by atoms with Crippen LogP contribution >= 0.6 is 23.1 Å². The van der Waals surface area contributed by atoms with Gasteiger partial charge in [-0.05, 0) is 30.5 Å². The molecule has 3 rings (SSSR count). The highest BCUT2D eigenvalue weighted by Gasteiger charge is 2.19. The van der Waals surface area contributed by atoms with Gasteiger partial charge in [-0.15, -0.1) is 11.3 Å². The standard InChI is InChI=1S/C17H14FN3O3S2/c1-10(15(23)21-13-5-3-2-4-12(13)18)24-14(22)8-26-17-11-6-7-25-16(11)19-9-20-17/h2-7,9-10H,8H2,1H3,(H,21,23)/t10-/m1/s1. The molecule has 3 aromatic rings. The molecule has 0 spiro atoms. The minimum absolute atomic E-state index is 0.000716. The molecule has 1 N–H and O–H groups in total. The number of fused-ring (bicyclic) bond motifs is 1. The predicted molar refractivity (Wildman–Crippen MR) is 98.7 cm³/mol. The number of amides is 1. The van der Waals surface area contributed by atoms with Crippen LogP contribution in [0.4, 0.5) is 10.1 Å². The van der Waals surface area contributed by atoms with E-state index in [0.29, 0.717) is 5.03 Å². The molecule has 1 aromatic carbocycles. The largest absolute Gasteiger partial charge is 0.452 e. The van der Waals surface area contributed by atoms with Crippen molar-refractivity contribution in [2.75, 3.05) is 11.1 Å². The van der Waals surface area contributed by atoms with Gasteiger partial charge in [0, 0.05) is 5.39 Å². The third-order valence-electron chi connectivity index (χ3n) is 3.36. The number of aromatic nitrogens is 2. The van der Waals surface area contributed by atoms with Crippen LogP contribution in [0.25, 0.3) is 10.2 Å². The molecule has 0 saturated carbocycles. The summed E-state index contributed by atoms with van der Waals surface area (Å²) in [6.45, 7) is 1.43. The van der Waals surface area contributed by atoms with E-state index in [1.165, 1.54) is 54.5 Å². The first-order chi connectivity index (χ1) is 12.5. The summed E-state index contributed by atoms with van der Waals surface area (Å²) in [6, 6.07) is 7.66. The van der Waals surface area contributed by atoms with Gasteiger partial charge in [-0.2, -0.15) is 0 Å². The highest BCUT2D eigenvalue weighted by atomic mass is 32.2. The Morgan fingerprint density at radius 1 is 1.31 bits per heavy atom. The molecular formula is C17H14FN3O3S2. The summed E-state index contributed by atoms with van der Waals surface area (Å²) < 4.78 is 18.7. The second-order valence-electron chi connectivity index (χ2n) is 5.21. The number of benzene rings is 1. The SMILES string of the molecule is C[C@@H](OC(=O)CSc1ncnc2sccc12)C(=O)Nc1ccccc1F. The summed E-state index contributed by atoms with van der Waals surface area (Å²) >= 11 is 2.70. The first-order valence-corrected chi connectivity index (χ1v) is 9.47. The van der Waals surface area contributed by atoms with Crippen LogP contribution in [0.15, 0.2) is 47.1 Å². The number of anilines is 1. The van der Waals surface area contributed by atoms with Crippen molar-refractivity contribution < 1.29 is 18.7 Å². The van der Waals surface area contributed by atoms with E-state index < -0.39 is 23.8 Å². The van der Waals surface area contributed by atoms with Gasteiger partial charge in [0.05, 0.1) is 11.4 Å². The monoisotopic (exact) mass is 391 g/mol. The van der Waals surface area contributed by atoms with Gasteiger partial charge in [-0.3, -0.25) is 9.59 Å². The molecule has 9 heteroatoms. The van der Waals surface area contributed by atoms with Crippen molar-refractivity contribution in [1.82, 2.24) is 9.97 Å². The molecule has 0 unspecified atom stereocenters. The maximum atomic E-state index is 13.5. The van der Waals surface area contributed by atoms with Crippen LogP contribution in [0, 0.1) is 5.82 Å². The van der Waals surface area contributed by atoms with Crippen molar-refractivity contribution in [3.05, 3.63) is 47.9 Å². The number of hydrogen-bond donors (Lipinski definition) is 1. The minimum atomic E-state index is -1.05. The lowest BCUT2D eigenvalue weighted by molar-refractivity contribution is -0.150. The fourth-order valence-corrected chi connectivity index (χ4v) is 3.65. The van der Waals surface area contributed by atoms with Crippen molar-refractivity contribution in [1.29, 1.82) is 0 Å². The Morgan fingerprint density at radius 2 is 2.12 bits per heavy atom. The van der Waals surface area contributed by atoms with Crippen molar-refractivity contribution in [3.63, 3.8) is 0 Å². The first-order valence-electron chi connectivity index (χ1n) is 7.60. The number of nitrogens with zero attached hydrogens (tertiary/aromatic N) is 2. The van der Waals surface area contributed by atoms with Crippen molar-refractivity contribution in [2.45, 2.75) is 18.1 Å². The van der Waals surface area contributed by atoms with Crippen LogP contribution in [0.1, 0.15) is 6.92 Å². The van der Waals surface area contributed by atoms with Gasteiger partial charge in [-0.1, -0.05) is 23.9 Å². The normalized spacial score (nSPS) is 11.9. The molecule has 1 atom stereocenters. The second kappa shape index (κ2) is 8.24. The second-order valence-corrected chi connectivity index (χ2v) is 7.07. The molecule has 6 nitrogen and oxygen atoms in total. The van der Waals surface area contributed by atoms with Gasteiger partial charge < -0.3 is 10.1 Å². The van der Waals surface area contributed by atoms with Crippen molar-refractivity contribution in [2.24, 2.45) is 0 Å². The van der Waals surface area contributed by atoms with Crippen LogP contribution in [-0.4, -0.2) is 33.7 Å². The van der Waals surface area contributed by atoms with Gasteiger partial charge in [0.25, 0.3) is 5.91 Å². The molecular weight excluding hydrogens is 377 g/mol. The summed E-state index contributed by atoms with van der Waals surface area (Å²) in [7, 11) is 0. The van der Waals surface area contributed by atoms with Crippen LogP contribution in [-0.2, 0) is 14.3 Å². The Kier molecular flexibility index (Phi) is 5.79. The van der Waals surface area contributed by atoms with Crippen LogP contribution < -0.4 is 5.32 Å². The number of carbonyl (C=O) groups excluding carboxylic acids is 2. The molecule has 2 aromatic heterocycles. The van der Waals surface area contributed by atoms with Gasteiger partial charge in [0.15, 0.2) is 6.10 Å². The Balaban J connectivity index is 1.53. The molecule has 0 aliphatic carbocycles. The topological polar surface area (TPSA) is 81.2 Å².